The lowest BCUT2D eigenvalue weighted by molar-refractivity contribution is -0.121. The highest BCUT2D eigenvalue weighted by Crippen LogP contribution is 2.27. The van der Waals surface area contributed by atoms with Gasteiger partial charge in [-0.2, -0.15) is 5.10 Å². The Kier molecular flexibility index (Phi) is 7.22. The first kappa shape index (κ1) is 22.2. The van der Waals surface area contributed by atoms with Crippen LogP contribution in [0.4, 0.5) is 5.69 Å². The van der Waals surface area contributed by atoms with Crippen molar-refractivity contribution >= 4 is 27.3 Å². The average molecular weight is 420 g/mol. The average Bonchev–Trinajstić information content (AvgIpc) is 2.70. The van der Waals surface area contributed by atoms with Gasteiger partial charge in [0.2, 0.25) is 10.0 Å². The summed E-state index contributed by atoms with van der Waals surface area (Å²) in [6.45, 7) is 3.22. The van der Waals surface area contributed by atoms with Gasteiger partial charge in [0.15, 0.2) is 11.5 Å². The number of methoxy groups -OCH3 is 2. The first-order chi connectivity index (χ1) is 13.7. The molecule has 0 fully saturated rings. The molecule has 0 aliphatic carbocycles. The maximum absolute atomic E-state index is 12.6. The van der Waals surface area contributed by atoms with Crippen molar-refractivity contribution in [2.75, 3.05) is 24.8 Å². The molecule has 2 rings (SSSR count). The molecule has 0 radical (unpaired) electrons. The first-order valence-corrected chi connectivity index (χ1v) is 10.6. The van der Waals surface area contributed by atoms with E-state index in [2.05, 4.69) is 10.5 Å². The van der Waals surface area contributed by atoms with Gasteiger partial charge in [0.05, 0.1) is 31.9 Å². The number of rotatable bonds is 8. The molecule has 2 aromatic rings. The fourth-order valence-corrected chi connectivity index (χ4v) is 3.92. The van der Waals surface area contributed by atoms with Gasteiger partial charge in [-0.15, -0.1) is 0 Å². The Morgan fingerprint density at radius 2 is 1.69 bits per heavy atom. The van der Waals surface area contributed by atoms with E-state index in [9.17, 15) is 13.2 Å². The fourth-order valence-electron chi connectivity index (χ4n) is 2.74. The topological polar surface area (TPSA) is 97.3 Å². The number of amides is 1. The predicted octanol–water partition coefficient (Wildman–Crippen LogP) is 2.40. The molecule has 1 N–H and O–H groups in total. The third kappa shape index (κ3) is 5.47. The van der Waals surface area contributed by atoms with Gasteiger partial charge in [-0.05, 0) is 44.2 Å². The van der Waals surface area contributed by atoms with Crippen molar-refractivity contribution in [3.63, 3.8) is 0 Å². The Morgan fingerprint density at radius 3 is 2.24 bits per heavy atom. The lowest BCUT2D eigenvalue weighted by Gasteiger charge is -2.27. The van der Waals surface area contributed by atoms with Crippen LogP contribution in [0.15, 0.2) is 53.6 Å². The van der Waals surface area contributed by atoms with Crippen LogP contribution in [0.25, 0.3) is 0 Å². The molecule has 9 heteroatoms. The summed E-state index contributed by atoms with van der Waals surface area (Å²) in [5.74, 6) is 0.555. The monoisotopic (exact) mass is 419 g/mol. The summed E-state index contributed by atoms with van der Waals surface area (Å²) in [4.78, 5) is 12.6. The van der Waals surface area contributed by atoms with E-state index in [0.29, 0.717) is 22.9 Å². The standard InChI is InChI=1S/C20H25N3O5S/c1-14(16-11-12-18(27-3)19(13-16)28-4)21-22-20(24)15(2)23(29(5,25)26)17-9-7-6-8-10-17/h6-13,15H,1-5H3,(H,22,24)/b21-14-/t15-/m0/s1. The molecule has 29 heavy (non-hydrogen) atoms. The number of hydrogen-bond acceptors (Lipinski definition) is 6. The van der Waals surface area contributed by atoms with Gasteiger partial charge in [-0.3, -0.25) is 9.10 Å². The van der Waals surface area contributed by atoms with Gasteiger partial charge in [-0.25, -0.2) is 13.8 Å². The van der Waals surface area contributed by atoms with Gasteiger partial charge in [-0.1, -0.05) is 18.2 Å². The largest absolute Gasteiger partial charge is 0.493 e. The van der Waals surface area contributed by atoms with Crippen LogP contribution in [0.2, 0.25) is 0 Å². The maximum atomic E-state index is 12.6. The lowest BCUT2D eigenvalue weighted by Crippen LogP contribution is -2.46. The van der Waals surface area contributed by atoms with Crippen LogP contribution in [-0.4, -0.2) is 46.6 Å². The van der Waals surface area contributed by atoms with Gasteiger partial charge in [0, 0.05) is 5.56 Å². The Labute approximate surface area is 171 Å². The summed E-state index contributed by atoms with van der Waals surface area (Å²) >= 11 is 0. The number of nitrogens with zero attached hydrogens (tertiary/aromatic N) is 2. The second kappa shape index (κ2) is 9.42. The number of ether oxygens (including phenoxy) is 2. The summed E-state index contributed by atoms with van der Waals surface area (Å²) in [6, 6.07) is 12.7. The second-order valence-corrected chi connectivity index (χ2v) is 8.17. The van der Waals surface area contributed by atoms with Crippen molar-refractivity contribution in [3.8, 4) is 11.5 Å². The van der Waals surface area contributed by atoms with Gasteiger partial charge in [0.1, 0.15) is 6.04 Å². The van der Waals surface area contributed by atoms with Crippen LogP contribution < -0.4 is 19.2 Å². The van der Waals surface area contributed by atoms with Crippen molar-refractivity contribution in [1.82, 2.24) is 5.43 Å². The zero-order valence-corrected chi connectivity index (χ0v) is 17.9. The minimum absolute atomic E-state index is 0.401. The maximum Gasteiger partial charge on any atom is 0.263 e. The van der Waals surface area contributed by atoms with Crippen LogP contribution in [0.1, 0.15) is 19.4 Å². The van der Waals surface area contributed by atoms with Crippen LogP contribution in [0.3, 0.4) is 0 Å². The number of para-hydroxylation sites is 1. The molecule has 1 amide bonds. The van der Waals surface area contributed by atoms with E-state index in [4.69, 9.17) is 9.47 Å². The SMILES string of the molecule is COc1ccc(/C(C)=N\NC(=O)[C@H](C)N(c2ccccc2)S(C)(=O)=O)cc1OC. The molecule has 1 atom stereocenters. The number of sulfonamides is 1. The summed E-state index contributed by atoms with van der Waals surface area (Å²) in [5.41, 5.74) is 4.09. The van der Waals surface area contributed by atoms with Gasteiger partial charge in [0.25, 0.3) is 5.91 Å². The molecule has 8 nitrogen and oxygen atoms in total. The third-order valence-electron chi connectivity index (χ3n) is 4.23. The van der Waals surface area contributed by atoms with E-state index < -0.39 is 22.0 Å². The molecule has 2 aromatic carbocycles. The Balaban J connectivity index is 2.22. The number of benzene rings is 2. The van der Waals surface area contributed by atoms with Crippen LogP contribution in [-0.2, 0) is 14.8 Å². The summed E-state index contributed by atoms with van der Waals surface area (Å²) in [7, 11) is -0.605. The van der Waals surface area contributed by atoms with Crippen molar-refractivity contribution in [2.24, 2.45) is 5.10 Å². The fraction of sp³-hybridized carbons (Fsp3) is 0.300. The number of hydrogen-bond donors (Lipinski definition) is 1. The minimum Gasteiger partial charge on any atom is -0.493 e. The molecule has 0 aliphatic heterocycles. The Morgan fingerprint density at radius 1 is 1.07 bits per heavy atom. The highest BCUT2D eigenvalue weighted by atomic mass is 32.2. The van der Waals surface area contributed by atoms with Crippen molar-refractivity contribution < 1.29 is 22.7 Å². The van der Waals surface area contributed by atoms with Crippen LogP contribution in [0.5, 0.6) is 11.5 Å². The van der Waals surface area contributed by atoms with Gasteiger partial charge >= 0.3 is 0 Å². The van der Waals surface area contributed by atoms with Crippen LogP contribution in [0, 0.1) is 0 Å². The summed E-state index contributed by atoms with van der Waals surface area (Å²) < 4.78 is 36.0. The van der Waals surface area contributed by atoms with E-state index in [1.165, 1.54) is 14.0 Å². The van der Waals surface area contributed by atoms with E-state index in [-0.39, 0.29) is 0 Å². The molecule has 0 bridgehead atoms. The highest BCUT2D eigenvalue weighted by Gasteiger charge is 2.28. The molecule has 0 saturated carbocycles. The minimum atomic E-state index is -3.68. The first-order valence-electron chi connectivity index (χ1n) is 8.80. The van der Waals surface area contributed by atoms with E-state index in [1.807, 2.05) is 0 Å². The number of hydrazone groups is 1. The molecule has 0 unspecified atom stereocenters. The normalized spacial score (nSPS) is 12.8. The molecular weight excluding hydrogens is 394 g/mol. The number of carbonyl (C=O) groups excluding carboxylic acids is 1. The predicted molar refractivity (Wildman–Crippen MR) is 113 cm³/mol. The molecule has 0 aromatic heterocycles. The zero-order valence-electron chi connectivity index (χ0n) is 17.0. The van der Waals surface area contributed by atoms with Crippen molar-refractivity contribution in [2.45, 2.75) is 19.9 Å². The van der Waals surface area contributed by atoms with Gasteiger partial charge < -0.3 is 9.47 Å². The molecule has 156 valence electrons. The third-order valence-corrected chi connectivity index (χ3v) is 5.48. The van der Waals surface area contributed by atoms with Crippen molar-refractivity contribution in [3.05, 3.63) is 54.1 Å². The smallest absolute Gasteiger partial charge is 0.263 e. The van der Waals surface area contributed by atoms with E-state index in [0.717, 1.165) is 16.1 Å². The van der Waals surface area contributed by atoms with Crippen molar-refractivity contribution in [1.29, 1.82) is 0 Å². The lowest BCUT2D eigenvalue weighted by atomic mass is 10.1. The highest BCUT2D eigenvalue weighted by molar-refractivity contribution is 7.92. The number of anilines is 1. The zero-order chi connectivity index (χ0) is 21.6. The molecule has 0 saturated heterocycles. The van der Waals surface area contributed by atoms with Crippen LogP contribution >= 0.6 is 0 Å². The van der Waals surface area contributed by atoms with E-state index >= 15 is 0 Å². The number of nitrogens with one attached hydrogen (secondary N) is 1. The molecule has 0 heterocycles. The second-order valence-electron chi connectivity index (χ2n) is 6.31. The quantitative estimate of drug-likeness (QED) is 0.523. The van der Waals surface area contributed by atoms with E-state index in [1.54, 1.807) is 62.6 Å². The number of carbonyl (C=O) groups is 1. The Bertz CT molecular complexity index is 990. The Hall–Kier alpha value is -3.07. The molecule has 0 aliphatic rings. The molecule has 0 spiro atoms. The summed E-state index contributed by atoms with van der Waals surface area (Å²) in [6.07, 6.45) is 1.06. The molecular formula is C20H25N3O5S. The summed E-state index contributed by atoms with van der Waals surface area (Å²) in [5, 5.41) is 4.10.